The Labute approximate surface area is 176 Å². The van der Waals surface area contributed by atoms with E-state index in [1.54, 1.807) is 12.1 Å². The van der Waals surface area contributed by atoms with Crippen LogP contribution in [0.15, 0.2) is 24.3 Å². The minimum Gasteiger partial charge on any atom is -0.496 e. The Morgan fingerprint density at radius 1 is 1.26 bits per heavy atom. The third-order valence-corrected chi connectivity index (χ3v) is 4.75. The Bertz CT molecular complexity index is 904. The van der Waals surface area contributed by atoms with E-state index >= 15 is 0 Å². The molecule has 1 aromatic carbocycles. The molecule has 2 heterocycles. The molecule has 0 amide bonds. The predicted octanol–water partition coefficient (Wildman–Crippen LogP) is 3.41. The Hall–Kier alpha value is -3.08. The van der Waals surface area contributed by atoms with Gasteiger partial charge in [0.15, 0.2) is 0 Å². The van der Waals surface area contributed by atoms with E-state index in [2.05, 4.69) is 21.2 Å². The maximum absolute atomic E-state index is 11.3. The van der Waals surface area contributed by atoms with Gasteiger partial charge in [0.2, 0.25) is 0 Å². The standard InChI is InChI=1S/C18H23N3O3.C2HF3O2/c1-12(13-6-7-17(24-2)16(9-13)18(22)23)19-11-14-10-15-5-3-4-8-21(15)20-14;3-2(4,5)1(6)7/h6-7,9-10,12,19H,3-5,8,11H2,1-2H3,(H,22,23);(H,6,7)/t12-;/m0./s1. The van der Waals surface area contributed by atoms with Crippen molar-refractivity contribution in [1.29, 1.82) is 0 Å². The Morgan fingerprint density at radius 3 is 2.48 bits per heavy atom. The molecule has 170 valence electrons. The van der Waals surface area contributed by atoms with E-state index in [0.29, 0.717) is 12.3 Å². The predicted molar refractivity (Wildman–Crippen MR) is 104 cm³/mol. The smallest absolute Gasteiger partial charge is 0.490 e. The Kier molecular flexibility index (Phi) is 8.03. The number of fused-ring (bicyclic) bond motifs is 1. The van der Waals surface area contributed by atoms with Crippen molar-refractivity contribution < 1.29 is 37.7 Å². The number of rotatable bonds is 6. The molecule has 3 N–H and O–H groups in total. The summed E-state index contributed by atoms with van der Waals surface area (Å²) >= 11 is 0. The number of carboxylic acids is 2. The first kappa shape index (κ1) is 24.2. The minimum absolute atomic E-state index is 0.0211. The number of hydrogen-bond donors (Lipinski definition) is 3. The van der Waals surface area contributed by atoms with Gasteiger partial charge in [0, 0.05) is 24.8 Å². The van der Waals surface area contributed by atoms with Gasteiger partial charge in [0.25, 0.3) is 0 Å². The summed E-state index contributed by atoms with van der Waals surface area (Å²) in [6, 6.07) is 7.44. The summed E-state index contributed by atoms with van der Waals surface area (Å²) in [5, 5.41) is 24.5. The van der Waals surface area contributed by atoms with Crippen molar-refractivity contribution in [3.8, 4) is 5.75 Å². The van der Waals surface area contributed by atoms with Crippen molar-refractivity contribution in [3.63, 3.8) is 0 Å². The zero-order valence-corrected chi connectivity index (χ0v) is 17.1. The maximum atomic E-state index is 11.3. The molecule has 8 nitrogen and oxygen atoms in total. The number of nitrogens with zero attached hydrogens (tertiary/aromatic N) is 2. The van der Waals surface area contributed by atoms with Crippen LogP contribution in [0.1, 0.15) is 53.1 Å². The number of aromatic carboxylic acids is 1. The number of methoxy groups -OCH3 is 1. The molecule has 0 bridgehead atoms. The zero-order valence-electron chi connectivity index (χ0n) is 17.1. The molecule has 1 aliphatic heterocycles. The van der Waals surface area contributed by atoms with Gasteiger partial charge in [-0.25, -0.2) is 9.59 Å². The lowest BCUT2D eigenvalue weighted by atomic mass is 10.0. The number of ether oxygens (including phenoxy) is 1. The van der Waals surface area contributed by atoms with Crippen LogP contribution in [0, 0.1) is 0 Å². The molecular formula is C20H24F3N3O5. The number of alkyl halides is 3. The highest BCUT2D eigenvalue weighted by atomic mass is 19.4. The van der Waals surface area contributed by atoms with Crippen LogP contribution in [-0.4, -0.2) is 45.2 Å². The van der Waals surface area contributed by atoms with Gasteiger partial charge < -0.3 is 20.3 Å². The van der Waals surface area contributed by atoms with E-state index in [0.717, 1.165) is 24.2 Å². The second-order valence-electron chi connectivity index (χ2n) is 6.98. The van der Waals surface area contributed by atoms with Crippen molar-refractivity contribution >= 4 is 11.9 Å². The second-order valence-corrected chi connectivity index (χ2v) is 6.98. The van der Waals surface area contributed by atoms with Crippen LogP contribution in [-0.2, 0) is 24.3 Å². The summed E-state index contributed by atoms with van der Waals surface area (Å²) in [6.07, 6.45) is -1.55. The van der Waals surface area contributed by atoms with Crippen LogP contribution in [0.3, 0.4) is 0 Å². The number of aliphatic carboxylic acids is 1. The third kappa shape index (κ3) is 6.71. The topological polar surface area (TPSA) is 114 Å². The number of benzene rings is 1. The van der Waals surface area contributed by atoms with E-state index < -0.39 is 18.1 Å². The van der Waals surface area contributed by atoms with Crippen molar-refractivity contribution in [2.24, 2.45) is 0 Å². The van der Waals surface area contributed by atoms with Crippen molar-refractivity contribution in [2.75, 3.05) is 7.11 Å². The molecule has 0 saturated heterocycles. The van der Waals surface area contributed by atoms with E-state index in [9.17, 15) is 23.1 Å². The summed E-state index contributed by atoms with van der Waals surface area (Å²) < 4.78 is 38.9. The van der Waals surface area contributed by atoms with E-state index in [1.165, 1.54) is 25.6 Å². The Balaban J connectivity index is 0.000000423. The summed E-state index contributed by atoms with van der Waals surface area (Å²) in [4.78, 5) is 20.2. The lowest BCUT2D eigenvalue weighted by Crippen LogP contribution is -2.21. The molecule has 2 aromatic rings. The average molecular weight is 443 g/mol. The summed E-state index contributed by atoms with van der Waals surface area (Å²) in [5.74, 6) is -3.37. The highest BCUT2D eigenvalue weighted by Gasteiger charge is 2.38. The lowest BCUT2D eigenvalue weighted by molar-refractivity contribution is -0.192. The molecule has 1 aliphatic rings. The van der Waals surface area contributed by atoms with Gasteiger partial charge in [-0.3, -0.25) is 4.68 Å². The van der Waals surface area contributed by atoms with Crippen molar-refractivity contribution in [1.82, 2.24) is 15.1 Å². The molecular weight excluding hydrogens is 419 g/mol. The van der Waals surface area contributed by atoms with Crippen molar-refractivity contribution in [3.05, 3.63) is 46.8 Å². The first-order valence-electron chi connectivity index (χ1n) is 9.53. The molecule has 0 unspecified atom stereocenters. The summed E-state index contributed by atoms with van der Waals surface area (Å²) in [7, 11) is 1.48. The van der Waals surface area contributed by atoms with Gasteiger partial charge in [-0.2, -0.15) is 18.3 Å². The van der Waals surface area contributed by atoms with E-state index in [-0.39, 0.29) is 11.6 Å². The lowest BCUT2D eigenvalue weighted by Gasteiger charge is -2.15. The van der Waals surface area contributed by atoms with Crippen LogP contribution in [0.25, 0.3) is 0 Å². The van der Waals surface area contributed by atoms with Gasteiger partial charge in [-0.05, 0) is 49.9 Å². The van der Waals surface area contributed by atoms with Gasteiger partial charge in [-0.1, -0.05) is 6.07 Å². The van der Waals surface area contributed by atoms with Crippen LogP contribution in [0.4, 0.5) is 13.2 Å². The number of carboxylic acid groups (broad SMARTS) is 2. The normalized spacial score (nSPS) is 14.1. The van der Waals surface area contributed by atoms with Gasteiger partial charge in [0.05, 0.1) is 12.8 Å². The first-order valence-corrected chi connectivity index (χ1v) is 9.53. The van der Waals surface area contributed by atoms with Crippen LogP contribution in [0.5, 0.6) is 5.75 Å². The molecule has 0 saturated carbocycles. The van der Waals surface area contributed by atoms with Gasteiger partial charge in [0.1, 0.15) is 11.3 Å². The molecule has 0 aliphatic carbocycles. The van der Waals surface area contributed by atoms with Crippen LogP contribution in [0.2, 0.25) is 0 Å². The maximum Gasteiger partial charge on any atom is 0.490 e. The fourth-order valence-corrected chi connectivity index (χ4v) is 3.10. The zero-order chi connectivity index (χ0) is 23.2. The van der Waals surface area contributed by atoms with E-state index in [1.807, 2.05) is 13.0 Å². The largest absolute Gasteiger partial charge is 0.496 e. The van der Waals surface area contributed by atoms with E-state index in [4.69, 9.17) is 14.6 Å². The number of carbonyl (C=O) groups is 2. The molecule has 0 radical (unpaired) electrons. The Morgan fingerprint density at radius 2 is 1.94 bits per heavy atom. The quantitative estimate of drug-likeness (QED) is 0.627. The van der Waals surface area contributed by atoms with Crippen LogP contribution >= 0.6 is 0 Å². The summed E-state index contributed by atoms with van der Waals surface area (Å²) in [5.41, 5.74) is 3.44. The van der Waals surface area contributed by atoms with Crippen LogP contribution < -0.4 is 10.1 Å². The van der Waals surface area contributed by atoms with Crippen molar-refractivity contribution in [2.45, 2.75) is 51.5 Å². The SMILES string of the molecule is COc1ccc([C@H](C)NCc2cc3n(n2)CCCC3)cc1C(=O)O.O=C(O)C(F)(F)F. The number of aryl methyl sites for hydroxylation is 2. The fraction of sp³-hybridized carbons (Fsp3) is 0.450. The third-order valence-electron chi connectivity index (χ3n) is 4.75. The fourth-order valence-electron chi connectivity index (χ4n) is 3.10. The number of aromatic nitrogens is 2. The second kappa shape index (κ2) is 10.3. The molecule has 0 spiro atoms. The average Bonchev–Trinajstić information content (AvgIpc) is 3.14. The number of hydrogen-bond acceptors (Lipinski definition) is 5. The number of nitrogens with one attached hydrogen (secondary N) is 1. The molecule has 31 heavy (non-hydrogen) atoms. The van der Waals surface area contributed by atoms with Gasteiger partial charge in [-0.15, -0.1) is 0 Å². The molecule has 1 atom stereocenters. The minimum atomic E-state index is -5.08. The molecule has 11 heteroatoms. The highest BCUT2D eigenvalue weighted by Crippen LogP contribution is 2.24. The molecule has 1 aromatic heterocycles. The highest BCUT2D eigenvalue weighted by molar-refractivity contribution is 5.91. The molecule has 3 rings (SSSR count). The first-order chi connectivity index (χ1) is 14.5. The summed E-state index contributed by atoms with van der Waals surface area (Å²) in [6.45, 7) is 3.68. The van der Waals surface area contributed by atoms with Gasteiger partial charge >= 0.3 is 18.1 Å². The molecule has 0 fully saturated rings. The monoisotopic (exact) mass is 443 g/mol. The number of halogens is 3.